The second-order valence-corrected chi connectivity index (χ2v) is 7.39. The second kappa shape index (κ2) is 9.31. The molecule has 0 aliphatic carbocycles. The van der Waals surface area contributed by atoms with E-state index < -0.39 is 6.04 Å². The molecule has 0 aromatic heterocycles. The van der Waals surface area contributed by atoms with E-state index in [0.29, 0.717) is 6.54 Å². The summed E-state index contributed by atoms with van der Waals surface area (Å²) in [6, 6.07) is 5.29. The van der Waals surface area contributed by atoms with Gasteiger partial charge >= 0.3 is 0 Å². The van der Waals surface area contributed by atoms with Crippen molar-refractivity contribution in [3.63, 3.8) is 0 Å². The highest BCUT2D eigenvalue weighted by molar-refractivity contribution is 9.10. The van der Waals surface area contributed by atoms with E-state index in [2.05, 4.69) is 26.6 Å². The molecule has 1 saturated heterocycles. The topological polar surface area (TPSA) is 70.7 Å². The lowest BCUT2D eigenvalue weighted by Gasteiger charge is -2.24. The number of carbonyl (C=O) groups excluding carboxylic acids is 2. The van der Waals surface area contributed by atoms with E-state index in [4.69, 9.17) is 4.74 Å². The maximum atomic E-state index is 12.2. The summed E-state index contributed by atoms with van der Waals surface area (Å²) in [5.41, 5.74) is 1.75. The van der Waals surface area contributed by atoms with Gasteiger partial charge in [0.1, 0.15) is 0 Å². The lowest BCUT2D eigenvalue weighted by Crippen LogP contribution is -2.47. The average Bonchev–Trinajstić information content (AvgIpc) is 3.08. The maximum absolute atomic E-state index is 12.2. The van der Waals surface area contributed by atoms with Gasteiger partial charge in [0.15, 0.2) is 0 Å². The highest BCUT2D eigenvalue weighted by atomic mass is 79.9. The molecule has 1 aliphatic heterocycles. The fourth-order valence-electron chi connectivity index (χ4n) is 2.69. The van der Waals surface area contributed by atoms with Gasteiger partial charge < -0.3 is 15.4 Å². The van der Waals surface area contributed by atoms with Crippen molar-refractivity contribution in [3.05, 3.63) is 28.2 Å². The molecule has 1 fully saturated rings. The van der Waals surface area contributed by atoms with Crippen LogP contribution in [0.15, 0.2) is 22.7 Å². The number of halogens is 1. The Hall–Kier alpha value is -1.44. The van der Waals surface area contributed by atoms with Gasteiger partial charge in [-0.15, -0.1) is 0 Å². The number of nitrogens with zero attached hydrogens (tertiary/aromatic N) is 1. The molecule has 2 atom stereocenters. The number of aryl methyl sites for hydroxylation is 1. The monoisotopic (exact) mass is 411 g/mol. The molecule has 0 spiro atoms. The minimum atomic E-state index is -0.391. The lowest BCUT2D eigenvalue weighted by molar-refractivity contribution is -0.127. The van der Waals surface area contributed by atoms with Crippen LogP contribution in [0.25, 0.3) is 0 Å². The predicted molar refractivity (Wildman–Crippen MR) is 102 cm³/mol. The number of amides is 2. The van der Waals surface area contributed by atoms with Crippen molar-refractivity contribution in [1.29, 1.82) is 0 Å². The van der Waals surface area contributed by atoms with Crippen LogP contribution in [0.4, 0.5) is 5.69 Å². The minimum Gasteiger partial charge on any atom is -0.376 e. The predicted octanol–water partition coefficient (Wildman–Crippen LogP) is 2.31. The maximum Gasteiger partial charge on any atom is 0.238 e. The van der Waals surface area contributed by atoms with Crippen LogP contribution in [0.5, 0.6) is 0 Å². The summed E-state index contributed by atoms with van der Waals surface area (Å²) in [7, 11) is 1.77. The van der Waals surface area contributed by atoms with Crippen molar-refractivity contribution in [2.45, 2.75) is 38.8 Å². The zero-order valence-corrected chi connectivity index (χ0v) is 16.6. The summed E-state index contributed by atoms with van der Waals surface area (Å²) in [6.45, 7) is 5.17. The molecular weight excluding hydrogens is 386 g/mol. The Labute approximate surface area is 157 Å². The number of likely N-dealkylation sites (N-methyl/N-ethyl adjacent to an activating group) is 1. The summed E-state index contributed by atoms with van der Waals surface area (Å²) in [5.74, 6) is -0.239. The van der Waals surface area contributed by atoms with E-state index in [1.54, 1.807) is 18.9 Å². The van der Waals surface area contributed by atoms with Crippen LogP contribution in [-0.2, 0) is 14.3 Å². The Morgan fingerprint density at radius 2 is 2.20 bits per heavy atom. The number of benzene rings is 1. The molecule has 0 bridgehead atoms. The highest BCUT2D eigenvalue weighted by Gasteiger charge is 2.22. The van der Waals surface area contributed by atoms with Crippen molar-refractivity contribution in [2.24, 2.45) is 0 Å². The van der Waals surface area contributed by atoms with E-state index in [1.807, 2.05) is 25.1 Å². The Bertz CT molecular complexity index is 618. The van der Waals surface area contributed by atoms with Gasteiger partial charge in [-0.2, -0.15) is 0 Å². The first-order valence-corrected chi connectivity index (χ1v) is 9.31. The van der Waals surface area contributed by atoms with Crippen molar-refractivity contribution in [2.75, 3.05) is 32.1 Å². The van der Waals surface area contributed by atoms with Gasteiger partial charge in [-0.05, 0) is 57.5 Å². The van der Waals surface area contributed by atoms with E-state index in [0.717, 1.165) is 35.2 Å². The summed E-state index contributed by atoms with van der Waals surface area (Å²) in [5, 5.41) is 5.79. The standard InChI is InChI=1S/C18H26BrN3O3/c1-12-9-14(19)6-7-16(12)21-17(23)11-22(3)13(2)18(24)20-10-15-5-4-8-25-15/h6-7,9,13,15H,4-5,8,10-11H2,1-3H3,(H,20,24)(H,21,23). The third-order valence-corrected chi connectivity index (χ3v) is 4.92. The Morgan fingerprint density at radius 3 is 2.84 bits per heavy atom. The molecule has 25 heavy (non-hydrogen) atoms. The number of carbonyl (C=O) groups is 2. The van der Waals surface area contributed by atoms with Crippen LogP contribution >= 0.6 is 15.9 Å². The molecule has 0 saturated carbocycles. The molecule has 2 amide bonds. The molecular formula is C18H26BrN3O3. The number of nitrogens with one attached hydrogen (secondary N) is 2. The molecule has 7 heteroatoms. The Morgan fingerprint density at radius 1 is 1.44 bits per heavy atom. The molecule has 6 nitrogen and oxygen atoms in total. The summed E-state index contributed by atoms with van der Waals surface area (Å²) in [6.07, 6.45) is 2.15. The summed E-state index contributed by atoms with van der Waals surface area (Å²) in [4.78, 5) is 26.2. The molecule has 1 aromatic carbocycles. The number of ether oxygens (including phenoxy) is 1. The van der Waals surface area contributed by atoms with Crippen molar-refractivity contribution < 1.29 is 14.3 Å². The van der Waals surface area contributed by atoms with E-state index in [1.165, 1.54) is 0 Å². The molecule has 2 unspecified atom stereocenters. The third kappa shape index (κ3) is 6.09. The van der Waals surface area contributed by atoms with Crippen LogP contribution in [0.2, 0.25) is 0 Å². The quantitative estimate of drug-likeness (QED) is 0.721. The van der Waals surface area contributed by atoms with Gasteiger partial charge in [-0.3, -0.25) is 14.5 Å². The Kier molecular flexibility index (Phi) is 7.40. The normalized spacial score (nSPS) is 18.2. The third-order valence-electron chi connectivity index (χ3n) is 4.42. The van der Waals surface area contributed by atoms with Crippen molar-refractivity contribution >= 4 is 33.4 Å². The number of anilines is 1. The van der Waals surface area contributed by atoms with Crippen LogP contribution in [0.3, 0.4) is 0 Å². The zero-order valence-electron chi connectivity index (χ0n) is 15.0. The SMILES string of the molecule is Cc1cc(Br)ccc1NC(=O)CN(C)C(C)C(=O)NCC1CCCO1. The molecule has 1 aromatic rings. The number of rotatable bonds is 7. The molecule has 1 heterocycles. The first kappa shape index (κ1) is 19.9. The lowest BCUT2D eigenvalue weighted by atomic mass is 10.2. The molecule has 2 rings (SSSR count). The first-order chi connectivity index (χ1) is 11.9. The zero-order chi connectivity index (χ0) is 18.4. The molecule has 138 valence electrons. The minimum absolute atomic E-state index is 0.0920. The number of hydrogen-bond acceptors (Lipinski definition) is 4. The summed E-state index contributed by atoms with van der Waals surface area (Å²) >= 11 is 3.40. The van der Waals surface area contributed by atoms with E-state index >= 15 is 0 Å². The van der Waals surface area contributed by atoms with E-state index in [9.17, 15) is 9.59 Å². The average molecular weight is 412 g/mol. The molecule has 2 N–H and O–H groups in total. The summed E-state index contributed by atoms with van der Waals surface area (Å²) < 4.78 is 6.47. The van der Waals surface area contributed by atoms with Crippen molar-refractivity contribution in [3.8, 4) is 0 Å². The smallest absolute Gasteiger partial charge is 0.238 e. The van der Waals surface area contributed by atoms with Gasteiger partial charge in [0.05, 0.1) is 18.7 Å². The highest BCUT2D eigenvalue weighted by Crippen LogP contribution is 2.20. The van der Waals surface area contributed by atoms with Gasteiger partial charge in [-0.1, -0.05) is 15.9 Å². The van der Waals surface area contributed by atoms with E-state index in [-0.39, 0.29) is 24.5 Å². The van der Waals surface area contributed by atoms with Crippen molar-refractivity contribution in [1.82, 2.24) is 10.2 Å². The van der Waals surface area contributed by atoms with Gasteiger partial charge in [0.25, 0.3) is 0 Å². The van der Waals surface area contributed by atoms with Crippen LogP contribution in [-0.4, -0.2) is 55.6 Å². The van der Waals surface area contributed by atoms with Gasteiger partial charge in [-0.25, -0.2) is 0 Å². The van der Waals surface area contributed by atoms with Gasteiger partial charge in [0, 0.05) is 23.3 Å². The van der Waals surface area contributed by atoms with Crippen LogP contribution in [0.1, 0.15) is 25.3 Å². The van der Waals surface area contributed by atoms with Crippen LogP contribution in [0, 0.1) is 6.92 Å². The molecule has 0 radical (unpaired) electrons. The van der Waals surface area contributed by atoms with Gasteiger partial charge in [0.2, 0.25) is 11.8 Å². The number of hydrogen-bond donors (Lipinski definition) is 2. The largest absolute Gasteiger partial charge is 0.376 e. The first-order valence-electron chi connectivity index (χ1n) is 8.52. The van der Waals surface area contributed by atoms with Crippen LogP contribution < -0.4 is 10.6 Å². The second-order valence-electron chi connectivity index (χ2n) is 6.48. The fraction of sp³-hybridized carbons (Fsp3) is 0.556. The Balaban J connectivity index is 1.79. The molecule has 1 aliphatic rings. The fourth-order valence-corrected chi connectivity index (χ4v) is 3.16.